The SMILES string of the molecule is CNCc1cc(F)cnc1N(C)Cc1cccc(Br)c1. The molecule has 0 bridgehead atoms. The Labute approximate surface area is 127 Å². The molecule has 0 spiro atoms. The lowest BCUT2D eigenvalue weighted by Gasteiger charge is -2.21. The molecule has 0 fully saturated rings. The predicted octanol–water partition coefficient (Wildman–Crippen LogP) is 3.34. The van der Waals surface area contributed by atoms with E-state index in [0.717, 1.165) is 22.4 Å². The number of rotatable bonds is 5. The Balaban J connectivity index is 2.22. The van der Waals surface area contributed by atoms with Gasteiger partial charge >= 0.3 is 0 Å². The minimum Gasteiger partial charge on any atom is -0.355 e. The van der Waals surface area contributed by atoms with Gasteiger partial charge in [-0.25, -0.2) is 9.37 Å². The predicted molar refractivity (Wildman–Crippen MR) is 83.2 cm³/mol. The quantitative estimate of drug-likeness (QED) is 0.906. The lowest BCUT2D eigenvalue weighted by Crippen LogP contribution is -2.21. The third kappa shape index (κ3) is 3.77. The molecule has 1 aromatic carbocycles. The lowest BCUT2D eigenvalue weighted by molar-refractivity contribution is 0.615. The maximum Gasteiger partial charge on any atom is 0.141 e. The number of anilines is 1. The summed E-state index contributed by atoms with van der Waals surface area (Å²) < 4.78 is 14.3. The number of nitrogens with one attached hydrogen (secondary N) is 1. The monoisotopic (exact) mass is 337 g/mol. The molecule has 1 N–H and O–H groups in total. The number of nitrogens with zero attached hydrogens (tertiary/aromatic N) is 2. The minimum absolute atomic E-state index is 0.310. The van der Waals surface area contributed by atoms with Crippen LogP contribution in [0.15, 0.2) is 41.0 Å². The van der Waals surface area contributed by atoms with Crippen LogP contribution in [0.25, 0.3) is 0 Å². The van der Waals surface area contributed by atoms with Crippen LogP contribution in [0.2, 0.25) is 0 Å². The molecule has 0 aliphatic rings. The zero-order chi connectivity index (χ0) is 14.5. The summed E-state index contributed by atoms with van der Waals surface area (Å²) in [5.74, 6) is 0.482. The Morgan fingerprint density at radius 1 is 1.35 bits per heavy atom. The van der Waals surface area contributed by atoms with Gasteiger partial charge in [0.15, 0.2) is 0 Å². The van der Waals surface area contributed by atoms with E-state index in [1.807, 2.05) is 31.1 Å². The molecular formula is C15H17BrFN3. The van der Waals surface area contributed by atoms with Crippen molar-refractivity contribution < 1.29 is 4.39 Å². The van der Waals surface area contributed by atoms with Crippen LogP contribution in [0, 0.1) is 5.82 Å². The molecule has 5 heteroatoms. The van der Waals surface area contributed by atoms with Crippen molar-refractivity contribution in [2.75, 3.05) is 19.0 Å². The fraction of sp³-hybridized carbons (Fsp3) is 0.267. The summed E-state index contributed by atoms with van der Waals surface area (Å²) >= 11 is 3.46. The number of pyridine rings is 1. The molecule has 3 nitrogen and oxygen atoms in total. The number of aromatic nitrogens is 1. The maximum absolute atomic E-state index is 13.3. The second-order valence-electron chi connectivity index (χ2n) is 4.65. The molecule has 1 heterocycles. The van der Waals surface area contributed by atoms with Crippen molar-refractivity contribution in [1.82, 2.24) is 10.3 Å². The van der Waals surface area contributed by atoms with Crippen LogP contribution < -0.4 is 10.2 Å². The van der Waals surface area contributed by atoms with E-state index in [0.29, 0.717) is 6.54 Å². The Hall–Kier alpha value is -1.46. The van der Waals surface area contributed by atoms with Gasteiger partial charge in [0.05, 0.1) is 6.20 Å². The first-order valence-corrected chi connectivity index (χ1v) is 7.14. The maximum atomic E-state index is 13.3. The van der Waals surface area contributed by atoms with Gasteiger partial charge in [0, 0.05) is 30.2 Å². The average Bonchev–Trinajstić information content (AvgIpc) is 2.39. The first-order chi connectivity index (χ1) is 9.60. The first kappa shape index (κ1) is 14.9. The highest BCUT2D eigenvalue weighted by Gasteiger charge is 2.10. The fourth-order valence-corrected chi connectivity index (χ4v) is 2.57. The summed E-state index contributed by atoms with van der Waals surface area (Å²) in [6, 6.07) is 9.64. The molecule has 0 amide bonds. The van der Waals surface area contributed by atoms with Gasteiger partial charge in [-0.15, -0.1) is 0 Å². The van der Waals surface area contributed by atoms with Crippen molar-refractivity contribution >= 4 is 21.7 Å². The van der Waals surface area contributed by atoms with Crippen LogP contribution in [0.3, 0.4) is 0 Å². The molecule has 0 aliphatic carbocycles. The zero-order valence-corrected chi connectivity index (χ0v) is 13.1. The normalized spacial score (nSPS) is 10.6. The van der Waals surface area contributed by atoms with Crippen LogP contribution in [0.1, 0.15) is 11.1 Å². The summed E-state index contributed by atoms with van der Waals surface area (Å²) in [5.41, 5.74) is 2.02. The number of hydrogen-bond acceptors (Lipinski definition) is 3. The molecule has 0 unspecified atom stereocenters. The summed E-state index contributed by atoms with van der Waals surface area (Å²) in [4.78, 5) is 6.24. The van der Waals surface area contributed by atoms with Crippen molar-refractivity contribution in [3.05, 3.63) is 57.9 Å². The van der Waals surface area contributed by atoms with E-state index in [9.17, 15) is 4.39 Å². The van der Waals surface area contributed by atoms with Gasteiger partial charge in [0.2, 0.25) is 0 Å². The van der Waals surface area contributed by atoms with E-state index in [4.69, 9.17) is 0 Å². The lowest BCUT2D eigenvalue weighted by atomic mass is 10.2. The summed E-state index contributed by atoms with van der Waals surface area (Å²) in [7, 11) is 3.79. The number of halogens is 2. The van der Waals surface area contributed by atoms with E-state index in [1.165, 1.54) is 17.8 Å². The minimum atomic E-state index is -0.310. The molecule has 0 aliphatic heterocycles. The van der Waals surface area contributed by atoms with Gasteiger partial charge in [0.25, 0.3) is 0 Å². The van der Waals surface area contributed by atoms with E-state index in [2.05, 4.69) is 38.4 Å². The van der Waals surface area contributed by atoms with E-state index in [1.54, 1.807) is 0 Å². The van der Waals surface area contributed by atoms with E-state index in [-0.39, 0.29) is 5.82 Å². The van der Waals surface area contributed by atoms with Crippen molar-refractivity contribution in [3.63, 3.8) is 0 Å². The molecule has 0 atom stereocenters. The van der Waals surface area contributed by atoms with Gasteiger partial charge < -0.3 is 10.2 Å². The van der Waals surface area contributed by atoms with E-state index >= 15 is 0 Å². The molecular weight excluding hydrogens is 321 g/mol. The Bertz CT molecular complexity index is 589. The molecule has 20 heavy (non-hydrogen) atoms. The highest BCUT2D eigenvalue weighted by atomic mass is 79.9. The van der Waals surface area contributed by atoms with Crippen molar-refractivity contribution in [3.8, 4) is 0 Å². The van der Waals surface area contributed by atoms with Gasteiger partial charge in [-0.1, -0.05) is 28.1 Å². The smallest absolute Gasteiger partial charge is 0.141 e. The van der Waals surface area contributed by atoms with Gasteiger partial charge in [-0.3, -0.25) is 0 Å². The second kappa shape index (κ2) is 6.81. The highest BCUT2D eigenvalue weighted by Crippen LogP contribution is 2.20. The van der Waals surface area contributed by atoms with E-state index < -0.39 is 0 Å². The molecule has 0 saturated carbocycles. The third-order valence-electron chi connectivity index (χ3n) is 2.95. The van der Waals surface area contributed by atoms with Crippen LogP contribution in [-0.2, 0) is 13.1 Å². The van der Waals surface area contributed by atoms with Crippen molar-refractivity contribution in [2.45, 2.75) is 13.1 Å². The Kier molecular flexibility index (Phi) is 5.09. The Morgan fingerprint density at radius 3 is 2.85 bits per heavy atom. The number of benzene rings is 1. The Morgan fingerprint density at radius 2 is 2.15 bits per heavy atom. The van der Waals surface area contributed by atoms with Crippen LogP contribution in [0.5, 0.6) is 0 Å². The summed E-state index contributed by atoms with van der Waals surface area (Å²) in [5, 5.41) is 3.04. The van der Waals surface area contributed by atoms with Crippen molar-refractivity contribution in [2.24, 2.45) is 0 Å². The van der Waals surface area contributed by atoms with Gasteiger partial charge in [-0.05, 0) is 30.8 Å². The average molecular weight is 338 g/mol. The third-order valence-corrected chi connectivity index (χ3v) is 3.44. The number of hydrogen-bond donors (Lipinski definition) is 1. The molecule has 1 aromatic heterocycles. The fourth-order valence-electron chi connectivity index (χ4n) is 2.12. The molecule has 2 aromatic rings. The molecule has 0 radical (unpaired) electrons. The molecule has 2 rings (SSSR count). The summed E-state index contributed by atoms with van der Waals surface area (Å²) in [6.07, 6.45) is 1.26. The first-order valence-electron chi connectivity index (χ1n) is 6.34. The zero-order valence-electron chi connectivity index (χ0n) is 11.5. The standard InChI is InChI=1S/C15H17BrFN3/c1-18-8-12-7-14(17)9-19-15(12)20(2)10-11-4-3-5-13(16)6-11/h3-7,9,18H,8,10H2,1-2H3. The molecule has 0 saturated heterocycles. The van der Waals surface area contributed by atoms with Crippen LogP contribution >= 0.6 is 15.9 Å². The topological polar surface area (TPSA) is 28.2 Å². The van der Waals surface area contributed by atoms with Crippen LogP contribution in [-0.4, -0.2) is 19.1 Å². The second-order valence-corrected chi connectivity index (χ2v) is 5.57. The van der Waals surface area contributed by atoms with Crippen molar-refractivity contribution in [1.29, 1.82) is 0 Å². The van der Waals surface area contributed by atoms with Crippen LogP contribution in [0.4, 0.5) is 10.2 Å². The highest BCUT2D eigenvalue weighted by molar-refractivity contribution is 9.10. The van der Waals surface area contributed by atoms with Gasteiger partial charge in [-0.2, -0.15) is 0 Å². The largest absolute Gasteiger partial charge is 0.355 e. The molecule has 106 valence electrons. The summed E-state index contributed by atoms with van der Waals surface area (Å²) in [6.45, 7) is 1.30. The van der Waals surface area contributed by atoms with Gasteiger partial charge in [0.1, 0.15) is 11.6 Å².